The van der Waals surface area contributed by atoms with Crippen LogP contribution in [0.4, 0.5) is 0 Å². The van der Waals surface area contributed by atoms with Gasteiger partial charge in [-0.2, -0.15) is 0 Å². The monoisotopic (exact) mass is 282 g/mol. The minimum Gasteiger partial charge on any atom is -0.486 e. The van der Waals surface area contributed by atoms with Crippen LogP contribution in [0.25, 0.3) is 0 Å². The molecule has 0 atom stereocenters. The summed E-state index contributed by atoms with van der Waals surface area (Å²) in [6.07, 6.45) is 0.485. The van der Waals surface area contributed by atoms with E-state index in [0.717, 1.165) is 22.1 Å². The van der Waals surface area contributed by atoms with Gasteiger partial charge in [-0.1, -0.05) is 0 Å². The summed E-state index contributed by atoms with van der Waals surface area (Å²) in [4.78, 5) is 12.5. The fourth-order valence-electron chi connectivity index (χ4n) is 1.68. The molecule has 1 heterocycles. The minimum atomic E-state index is 0.0375. The molecule has 6 heteroatoms. The van der Waals surface area contributed by atoms with Gasteiger partial charge in [-0.25, -0.2) is 0 Å². The molecular formula is C13H18N2O3S. The van der Waals surface area contributed by atoms with Crippen molar-refractivity contribution >= 4 is 17.7 Å². The first kappa shape index (κ1) is 14.0. The number of hydrogen-bond acceptors (Lipinski definition) is 5. The smallest absolute Gasteiger partial charge is 0.220 e. The van der Waals surface area contributed by atoms with Gasteiger partial charge in [0, 0.05) is 30.2 Å². The van der Waals surface area contributed by atoms with Crippen molar-refractivity contribution in [2.24, 2.45) is 5.73 Å². The molecule has 0 unspecified atom stereocenters. The fourth-order valence-corrected chi connectivity index (χ4v) is 2.55. The molecule has 0 aromatic heterocycles. The van der Waals surface area contributed by atoms with E-state index in [1.165, 1.54) is 0 Å². The molecule has 1 amide bonds. The maximum absolute atomic E-state index is 11.4. The topological polar surface area (TPSA) is 73.6 Å². The zero-order valence-electron chi connectivity index (χ0n) is 10.7. The van der Waals surface area contributed by atoms with Crippen LogP contribution in [0.15, 0.2) is 23.1 Å². The molecule has 0 aliphatic carbocycles. The van der Waals surface area contributed by atoms with Crippen LogP contribution in [-0.2, 0) is 4.79 Å². The van der Waals surface area contributed by atoms with E-state index in [9.17, 15) is 4.79 Å². The van der Waals surface area contributed by atoms with Crippen LogP contribution in [0.1, 0.15) is 6.42 Å². The number of amides is 1. The van der Waals surface area contributed by atoms with Crippen LogP contribution in [0, 0.1) is 0 Å². The van der Waals surface area contributed by atoms with Gasteiger partial charge in [-0.3, -0.25) is 4.79 Å². The van der Waals surface area contributed by atoms with Crippen LogP contribution in [0.3, 0.4) is 0 Å². The van der Waals surface area contributed by atoms with Crippen LogP contribution < -0.4 is 20.5 Å². The van der Waals surface area contributed by atoms with Crippen LogP contribution in [0.2, 0.25) is 0 Å². The Balaban J connectivity index is 1.78. The second-order valence-electron chi connectivity index (χ2n) is 4.04. The number of thioether (sulfide) groups is 1. The molecule has 1 aromatic rings. The molecule has 0 saturated heterocycles. The van der Waals surface area contributed by atoms with E-state index >= 15 is 0 Å². The summed E-state index contributed by atoms with van der Waals surface area (Å²) in [5.74, 6) is 2.34. The van der Waals surface area contributed by atoms with Gasteiger partial charge in [0.15, 0.2) is 11.5 Å². The summed E-state index contributed by atoms with van der Waals surface area (Å²) >= 11 is 1.63. The first-order chi connectivity index (χ1) is 9.29. The summed E-state index contributed by atoms with van der Waals surface area (Å²) in [6.45, 7) is 2.19. The molecule has 5 nitrogen and oxygen atoms in total. The van der Waals surface area contributed by atoms with Gasteiger partial charge in [-0.05, 0) is 18.2 Å². The highest BCUT2D eigenvalue weighted by atomic mass is 32.2. The lowest BCUT2D eigenvalue weighted by Gasteiger charge is -2.18. The molecule has 104 valence electrons. The zero-order valence-corrected chi connectivity index (χ0v) is 11.5. The highest BCUT2D eigenvalue weighted by Crippen LogP contribution is 2.34. The van der Waals surface area contributed by atoms with Crippen LogP contribution in [0.5, 0.6) is 11.5 Å². The quantitative estimate of drug-likeness (QED) is 0.762. The molecule has 0 radical (unpaired) electrons. The summed E-state index contributed by atoms with van der Waals surface area (Å²) in [6, 6.07) is 5.85. The van der Waals surface area contributed by atoms with E-state index in [4.69, 9.17) is 15.2 Å². The number of hydrogen-bond donors (Lipinski definition) is 2. The number of rotatable bonds is 6. The average Bonchev–Trinajstić information content (AvgIpc) is 2.45. The fraction of sp³-hybridized carbons (Fsp3) is 0.462. The summed E-state index contributed by atoms with van der Waals surface area (Å²) < 4.78 is 11.0. The highest BCUT2D eigenvalue weighted by molar-refractivity contribution is 7.99. The normalized spacial score (nSPS) is 13.1. The first-order valence-electron chi connectivity index (χ1n) is 6.29. The Hall–Kier alpha value is -1.40. The number of nitrogens with one attached hydrogen (secondary N) is 1. The van der Waals surface area contributed by atoms with Crippen molar-refractivity contribution in [3.63, 3.8) is 0 Å². The minimum absolute atomic E-state index is 0.0375. The third-order valence-corrected chi connectivity index (χ3v) is 3.57. The largest absolute Gasteiger partial charge is 0.486 e. The molecule has 1 aromatic carbocycles. The Morgan fingerprint density at radius 2 is 2.11 bits per heavy atom. The van der Waals surface area contributed by atoms with Crippen molar-refractivity contribution in [1.29, 1.82) is 0 Å². The van der Waals surface area contributed by atoms with Crippen molar-refractivity contribution in [1.82, 2.24) is 5.32 Å². The summed E-state index contributed by atoms with van der Waals surface area (Å²) in [7, 11) is 0. The Morgan fingerprint density at radius 3 is 2.89 bits per heavy atom. The van der Waals surface area contributed by atoms with Gasteiger partial charge < -0.3 is 20.5 Å². The predicted molar refractivity (Wildman–Crippen MR) is 74.8 cm³/mol. The third kappa shape index (κ3) is 4.33. The number of carbonyl (C=O) groups excluding carboxylic acids is 1. The molecule has 0 bridgehead atoms. The van der Waals surface area contributed by atoms with Gasteiger partial charge in [0.05, 0.1) is 0 Å². The van der Waals surface area contributed by atoms with E-state index in [0.29, 0.717) is 32.7 Å². The second-order valence-corrected chi connectivity index (χ2v) is 5.21. The van der Waals surface area contributed by atoms with Gasteiger partial charge in [0.25, 0.3) is 0 Å². The lowest BCUT2D eigenvalue weighted by atomic mass is 10.3. The Kier molecular flexibility index (Phi) is 5.35. The molecule has 1 aliphatic rings. The van der Waals surface area contributed by atoms with Crippen molar-refractivity contribution in [3.05, 3.63) is 18.2 Å². The average molecular weight is 282 g/mol. The van der Waals surface area contributed by atoms with E-state index in [1.807, 2.05) is 18.2 Å². The SMILES string of the molecule is NCCNC(=O)CCSc1ccc2c(c1)OCCO2. The second kappa shape index (κ2) is 7.25. The highest BCUT2D eigenvalue weighted by Gasteiger charge is 2.11. The third-order valence-electron chi connectivity index (χ3n) is 2.58. The number of fused-ring (bicyclic) bond motifs is 1. The molecule has 3 N–H and O–H groups in total. The van der Waals surface area contributed by atoms with Crippen LogP contribution in [-0.4, -0.2) is 38.0 Å². The molecule has 0 saturated carbocycles. The van der Waals surface area contributed by atoms with Gasteiger partial charge >= 0.3 is 0 Å². The molecule has 0 fully saturated rings. The van der Waals surface area contributed by atoms with Crippen molar-refractivity contribution in [2.75, 3.05) is 32.1 Å². The Morgan fingerprint density at radius 1 is 1.32 bits per heavy atom. The molecule has 0 spiro atoms. The zero-order chi connectivity index (χ0) is 13.5. The predicted octanol–water partition coefficient (Wildman–Crippen LogP) is 1.01. The lowest BCUT2D eigenvalue weighted by molar-refractivity contribution is -0.120. The van der Waals surface area contributed by atoms with Crippen molar-refractivity contribution in [3.8, 4) is 11.5 Å². The maximum atomic E-state index is 11.4. The lowest BCUT2D eigenvalue weighted by Crippen LogP contribution is -2.29. The Labute approximate surface area is 116 Å². The summed E-state index contributed by atoms with van der Waals surface area (Å²) in [5.41, 5.74) is 5.32. The molecular weight excluding hydrogens is 264 g/mol. The van der Waals surface area contributed by atoms with Gasteiger partial charge in [-0.15, -0.1) is 11.8 Å². The van der Waals surface area contributed by atoms with Crippen molar-refractivity contribution in [2.45, 2.75) is 11.3 Å². The van der Waals surface area contributed by atoms with Gasteiger partial charge in [0.2, 0.25) is 5.91 Å². The van der Waals surface area contributed by atoms with E-state index in [1.54, 1.807) is 11.8 Å². The van der Waals surface area contributed by atoms with E-state index < -0.39 is 0 Å². The number of ether oxygens (including phenoxy) is 2. The maximum Gasteiger partial charge on any atom is 0.220 e. The Bertz CT molecular complexity index is 440. The van der Waals surface area contributed by atoms with E-state index in [-0.39, 0.29) is 5.91 Å². The van der Waals surface area contributed by atoms with Gasteiger partial charge in [0.1, 0.15) is 13.2 Å². The molecule has 1 aliphatic heterocycles. The first-order valence-corrected chi connectivity index (χ1v) is 7.27. The van der Waals surface area contributed by atoms with Crippen LogP contribution >= 0.6 is 11.8 Å². The number of nitrogens with two attached hydrogens (primary N) is 1. The number of benzene rings is 1. The van der Waals surface area contributed by atoms with E-state index in [2.05, 4.69) is 5.32 Å². The summed E-state index contributed by atoms with van der Waals surface area (Å²) in [5, 5.41) is 2.75. The molecule has 19 heavy (non-hydrogen) atoms. The van der Waals surface area contributed by atoms with Crippen molar-refractivity contribution < 1.29 is 14.3 Å². The number of carbonyl (C=O) groups is 1. The molecule has 2 rings (SSSR count). The standard InChI is InChI=1S/C13H18N2O3S/c14-4-5-15-13(16)3-8-19-10-1-2-11-12(9-10)18-7-6-17-11/h1-2,9H,3-8,14H2,(H,15,16).